The number of nitriles is 1. The standard InChI is InChI=1S/C13H17NO3S/c1-9-8-12(17-4)10(2)11(3)13(9)18(15,16)7-5-6-14/h8H,5,7H2,1-4H3. The molecular weight excluding hydrogens is 250 g/mol. The first-order valence-electron chi connectivity index (χ1n) is 5.59. The lowest BCUT2D eigenvalue weighted by molar-refractivity contribution is 0.410. The van der Waals surface area contributed by atoms with Crippen LogP contribution in [-0.2, 0) is 9.84 Å². The van der Waals surface area contributed by atoms with Gasteiger partial charge in [0.15, 0.2) is 9.84 Å². The fraction of sp³-hybridized carbons (Fsp3) is 0.462. The molecule has 0 aliphatic heterocycles. The number of hydrogen-bond donors (Lipinski definition) is 0. The molecule has 0 bridgehead atoms. The van der Waals surface area contributed by atoms with Crippen molar-refractivity contribution in [3.8, 4) is 11.8 Å². The highest BCUT2D eigenvalue weighted by molar-refractivity contribution is 7.91. The molecule has 0 saturated carbocycles. The highest BCUT2D eigenvalue weighted by atomic mass is 32.2. The van der Waals surface area contributed by atoms with E-state index in [-0.39, 0.29) is 12.2 Å². The summed E-state index contributed by atoms with van der Waals surface area (Å²) in [5, 5.41) is 8.52. The van der Waals surface area contributed by atoms with Crippen LogP contribution in [0.5, 0.6) is 5.75 Å². The van der Waals surface area contributed by atoms with Gasteiger partial charge in [-0.05, 0) is 43.5 Å². The van der Waals surface area contributed by atoms with Crippen molar-refractivity contribution in [3.05, 3.63) is 22.8 Å². The molecule has 1 rings (SSSR count). The van der Waals surface area contributed by atoms with E-state index in [4.69, 9.17) is 10.00 Å². The van der Waals surface area contributed by atoms with E-state index in [9.17, 15) is 8.42 Å². The van der Waals surface area contributed by atoms with Crippen LogP contribution in [0.1, 0.15) is 23.1 Å². The van der Waals surface area contributed by atoms with Crippen LogP contribution in [0.2, 0.25) is 0 Å². The van der Waals surface area contributed by atoms with Gasteiger partial charge in [-0.2, -0.15) is 5.26 Å². The summed E-state index contributed by atoms with van der Waals surface area (Å²) < 4.78 is 29.6. The van der Waals surface area contributed by atoms with Gasteiger partial charge in [0.05, 0.1) is 23.8 Å². The first kappa shape index (κ1) is 14.5. The molecule has 0 atom stereocenters. The van der Waals surface area contributed by atoms with E-state index in [0.29, 0.717) is 21.8 Å². The molecule has 0 aliphatic rings. The van der Waals surface area contributed by atoms with Gasteiger partial charge in [0.25, 0.3) is 0 Å². The lowest BCUT2D eigenvalue weighted by atomic mass is 10.1. The van der Waals surface area contributed by atoms with Crippen LogP contribution in [0.4, 0.5) is 0 Å². The maximum absolute atomic E-state index is 12.2. The van der Waals surface area contributed by atoms with Crippen LogP contribution in [0.3, 0.4) is 0 Å². The Hall–Kier alpha value is -1.54. The third-order valence-electron chi connectivity index (χ3n) is 2.99. The minimum atomic E-state index is -3.41. The smallest absolute Gasteiger partial charge is 0.179 e. The van der Waals surface area contributed by atoms with Gasteiger partial charge in [-0.25, -0.2) is 8.42 Å². The Morgan fingerprint density at radius 3 is 2.39 bits per heavy atom. The summed E-state index contributed by atoms with van der Waals surface area (Å²) in [6, 6.07) is 3.59. The van der Waals surface area contributed by atoms with Crippen LogP contribution >= 0.6 is 0 Å². The monoisotopic (exact) mass is 267 g/mol. The van der Waals surface area contributed by atoms with Gasteiger partial charge in [-0.15, -0.1) is 0 Å². The molecule has 0 unspecified atom stereocenters. The molecule has 0 fully saturated rings. The summed E-state index contributed by atoms with van der Waals surface area (Å²) in [6.07, 6.45) is 0.00624. The van der Waals surface area contributed by atoms with E-state index in [2.05, 4.69) is 0 Å². The molecule has 0 saturated heterocycles. The zero-order valence-corrected chi connectivity index (χ0v) is 11.9. The fourth-order valence-electron chi connectivity index (χ4n) is 1.99. The van der Waals surface area contributed by atoms with Gasteiger partial charge in [0.2, 0.25) is 0 Å². The van der Waals surface area contributed by atoms with E-state index in [1.54, 1.807) is 27.0 Å². The number of benzene rings is 1. The highest BCUT2D eigenvalue weighted by Gasteiger charge is 2.22. The molecule has 0 spiro atoms. The average molecular weight is 267 g/mol. The summed E-state index contributed by atoms with van der Waals surface area (Å²) in [4.78, 5) is 0.330. The van der Waals surface area contributed by atoms with Gasteiger partial charge < -0.3 is 4.74 Å². The van der Waals surface area contributed by atoms with Crippen molar-refractivity contribution in [2.45, 2.75) is 32.1 Å². The molecular formula is C13H17NO3S. The molecule has 0 aliphatic carbocycles. The summed E-state index contributed by atoms with van der Waals surface area (Å²) in [6.45, 7) is 5.34. The quantitative estimate of drug-likeness (QED) is 0.839. The molecule has 98 valence electrons. The number of sulfone groups is 1. The van der Waals surface area contributed by atoms with E-state index in [1.165, 1.54) is 0 Å². The molecule has 1 aromatic carbocycles. The van der Waals surface area contributed by atoms with Crippen LogP contribution in [0, 0.1) is 32.1 Å². The van der Waals surface area contributed by atoms with Gasteiger partial charge in [-0.3, -0.25) is 0 Å². The first-order chi connectivity index (χ1) is 8.35. The van der Waals surface area contributed by atoms with Crippen molar-refractivity contribution in [2.24, 2.45) is 0 Å². The summed E-state index contributed by atoms with van der Waals surface area (Å²) in [7, 11) is -1.85. The van der Waals surface area contributed by atoms with Gasteiger partial charge in [0, 0.05) is 6.42 Å². The molecule has 0 amide bonds. The molecule has 1 aromatic rings. The largest absolute Gasteiger partial charge is 0.496 e. The second kappa shape index (κ2) is 5.40. The summed E-state index contributed by atoms with van der Waals surface area (Å²) in [5.41, 5.74) is 2.18. The average Bonchev–Trinajstić information content (AvgIpc) is 2.31. The third kappa shape index (κ3) is 2.65. The number of methoxy groups -OCH3 is 1. The lowest BCUT2D eigenvalue weighted by Crippen LogP contribution is -2.11. The summed E-state index contributed by atoms with van der Waals surface area (Å²) >= 11 is 0. The molecule has 5 heteroatoms. The van der Waals surface area contributed by atoms with Gasteiger partial charge >= 0.3 is 0 Å². The van der Waals surface area contributed by atoms with Crippen molar-refractivity contribution >= 4 is 9.84 Å². The fourth-order valence-corrected chi connectivity index (χ4v) is 3.73. The SMILES string of the molecule is COc1cc(C)c(S(=O)(=O)CCC#N)c(C)c1C. The van der Waals surface area contributed by atoms with Crippen molar-refractivity contribution in [1.82, 2.24) is 0 Å². The molecule has 0 radical (unpaired) electrons. The Labute approximate surface area is 108 Å². The second-order valence-corrected chi connectivity index (χ2v) is 6.25. The number of aryl methyl sites for hydroxylation is 1. The van der Waals surface area contributed by atoms with E-state index >= 15 is 0 Å². The minimum absolute atomic E-state index is 0.00624. The lowest BCUT2D eigenvalue weighted by Gasteiger charge is -2.15. The van der Waals surface area contributed by atoms with Crippen LogP contribution < -0.4 is 4.74 Å². The third-order valence-corrected chi connectivity index (χ3v) is 4.98. The van der Waals surface area contributed by atoms with Crippen LogP contribution in [0.15, 0.2) is 11.0 Å². The maximum atomic E-state index is 12.2. The van der Waals surface area contributed by atoms with Gasteiger partial charge in [-0.1, -0.05) is 0 Å². The predicted molar refractivity (Wildman–Crippen MR) is 69.5 cm³/mol. The first-order valence-corrected chi connectivity index (χ1v) is 7.25. The number of rotatable bonds is 4. The molecule has 0 heterocycles. The van der Waals surface area contributed by atoms with E-state index in [0.717, 1.165) is 5.56 Å². The van der Waals surface area contributed by atoms with Gasteiger partial charge in [0.1, 0.15) is 5.75 Å². The Morgan fingerprint density at radius 2 is 1.89 bits per heavy atom. The number of ether oxygens (including phenoxy) is 1. The van der Waals surface area contributed by atoms with Crippen LogP contribution in [-0.4, -0.2) is 21.3 Å². The van der Waals surface area contributed by atoms with E-state index < -0.39 is 9.84 Å². The molecule has 18 heavy (non-hydrogen) atoms. The Kier molecular flexibility index (Phi) is 4.36. The Balaban J connectivity index is 3.44. The summed E-state index contributed by atoms with van der Waals surface area (Å²) in [5.74, 6) is 0.543. The second-order valence-electron chi connectivity index (χ2n) is 4.20. The maximum Gasteiger partial charge on any atom is 0.179 e. The van der Waals surface area contributed by atoms with Crippen LogP contribution in [0.25, 0.3) is 0 Å². The molecule has 0 aromatic heterocycles. The Morgan fingerprint density at radius 1 is 1.28 bits per heavy atom. The van der Waals surface area contributed by atoms with Crippen molar-refractivity contribution in [1.29, 1.82) is 5.26 Å². The normalized spacial score (nSPS) is 11.1. The van der Waals surface area contributed by atoms with Crippen molar-refractivity contribution < 1.29 is 13.2 Å². The highest BCUT2D eigenvalue weighted by Crippen LogP contribution is 2.31. The zero-order valence-electron chi connectivity index (χ0n) is 11.1. The topological polar surface area (TPSA) is 67.2 Å². The van der Waals surface area contributed by atoms with Crippen molar-refractivity contribution in [3.63, 3.8) is 0 Å². The molecule has 0 N–H and O–H groups in total. The number of hydrogen-bond acceptors (Lipinski definition) is 4. The predicted octanol–water partition coefficient (Wildman–Crippen LogP) is 2.31. The Bertz CT molecular complexity index is 598. The molecule has 4 nitrogen and oxygen atoms in total. The van der Waals surface area contributed by atoms with E-state index in [1.807, 2.05) is 13.0 Å². The number of nitrogens with zero attached hydrogens (tertiary/aromatic N) is 1. The minimum Gasteiger partial charge on any atom is -0.496 e. The van der Waals surface area contributed by atoms with Crippen molar-refractivity contribution in [2.75, 3.05) is 12.9 Å². The zero-order chi connectivity index (χ0) is 13.9.